The number of benzene rings is 2. The van der Waals surface area contributed by atoms with E-state index in [0.717, 1.165) is 17.7 Å². The highest BCUT2D eigenvalue weighted by Gasteiger charge is 2.06. The maximum absolute atomic E-state index is 13.4. The first-order valence-electron chi connectivity index (χ1n) is 6.21. The molecule has 2 aromatic carbocycles. The average Bonchev–Trinajstić information content (AvgIpc) is 2.44. The van der Waals surface area contributed by atoms with E-state index in [1.165, 1.54) is 12.1 Å². The predicted octanol–water partition coefficient (Wildman–Crippen LogP) is 3.72. The molecular weight excluding hydrogens is 279 g/mol. The lowest BCUT2D eigenvalue weighted by Gasteiger charge is -2.10. The summed E-state index contributed by atoms with van der Waals surface area (Å²) in [5.41, 5.74) is 7.89. The maximum atomic E-state index is 13.4. The largest absolute Gasteiger partial charge is 0.497 e. The average molecular weight is 295 g/mol. The van der Waals surface area contributed by atoms with E-state index in [-0.39, 0.29) is 5.02 Å². The molecule has 0 atom stereocenters. The molecule has 0 unspecified atom stereocenters. The standard InChI is InChI=1S/C15H16ClFN2O/c1-20-11-4-2-3-10(7-11)5-6-19-15-9-13(17)12(16)8-14(15)18/h2-4,7-9,19H,5-6,18H2,1H3. The zero-order chi connectivity index (χ0) is 14.5. The van der Waals surface area contributed by atoms with E-state index in [1.807, 2.05) is 24.3 Å². The van der Waals surface area contributed by atoms with Gasteiger partial charge in [-0.25, -0.2) is 4.39 Å². The van der Waals surface area contributed by atoms with Crippen molar-refractivity contribution >= 4 is 23.0 Å². The van der Waals surface area contributed by atoms with Crippen LogP contribution >= 0.6 is 11.6 Å². The van der Waals surface area contributed by atoms with Gasteiger partial charge in [0.2, 0.25) is 0 Å². The smallest absolute Gasteiger partial charge is 0.143 e. The van der Waals surface area contributed by atoms with Crippen molar-refractivity contribution in [2.75, 3.05) is 24.7 Å². The SMILES string of the molecule is COc1cccc(CCNc2cc(F)c(Cl)cc2N)c1. The van der Waals surface area contributed by atoms with Crippen LogP contribution < -0.4 is 15.8 Å². The highest BCUT2D eigenvalue weighted by atomic mass is 35.5. The summed E-state index contributed by atoms with van der Waals surface area (Å²) < 4.78 is 18.5. The molecule has 0 aliphatic rings. The number of nitrogens with two attached hydrogens (primary N) is 1. The van der Waals surface area contributed by atoms with Crippen molar-refractivity contribution in [2.45, 2.75) is 6.42 Å². The number of rotatable bonds is 5. The first kappa shape index (κ1) is 14.5. The zero-order valence-corrected chi connectivity index (χ0v) is 11.9. The van der Waals surface area contributed by atoms with Crippen LogP contribution in [0, 0.1) is 5.82 Å². The van der Waals surface area contributed by atoms with E-state index in [1.54, 1.807) is 7.11 Å². The number of nitrogens with one attached hydrogen (secondary N) is 1. The van der Waals surface area contributed by atoms with Crippen LogP contribution in [0.5, 0.6) is 5.75 Å². The molecule has 0 radical (unpaired) electrons. The van der Waals surface area contributed by atoms with Crippen molar-refractivity contribution in [2.24, 2.45) is 0 Å². The molecule has 0 aliphatic heterocycles. The van der Waals surface area contributed by atoms with E-state index in [9.17, 15) is 4.39 Å². The molecule has 0 spiro atoms. The van der Waals surface area contributed by atoms with Gasteiger partial charge in [-0.1, -0.05) is 23.7 Å². The third-order valence-corrected chi connectivity index (χ3v) is 3.25. The highest BCUT2D eigenvalue weighted by molar-refractivity contribution is 6.31. The van der Waals surface area contributed by atoms with Crippen LogP contribution in [-0.2, 0) is 6.42 Å². The minimum absolute atomic E-state index is 0.0286. The predicted molar refractivity (Wildman–Crippen MR) is 81.0 cm³/mol. The Morgan fingerprint density at radius 3 is 2.85 bits per heavy atom. The molecule has 0 fully saturated rings. The van der Waals surface area contributed by atoms with Crippen LogP contribution in [-0.4, -0.2) is 13.7 Å². The summed E-state index contributed by atoms with van der Waals surface area (Å²) >= 11 is 5.65. The number of methoxy groups -OCH3 is 1. The van der Waals surface area contributed by atoms with Crippen LogP contribution in [0.1, 0.15) is 5.56 Å². The Morgan fingerprint density at radius 2 is 2.10 bits per heavy atom. The van der Waals surface area contributed by atoms with Gasteiger partial charge in [0, 0.05) is 12.6 Å². The molecule has 0 aromatic heterocycles. The third kappa shape index (κ3) is 3.54. The Labute approximate surface area is 122 Å². The summed E-state index contributed by atoms with van der Waals surface area (Å²) in [6.45, 7) is 0.637. The molecule has 5 heteroatoms. The van der Waals surface area contributed by atoms with Gasteiger partial charge in [-0.05, 0) is 30.2 Å². The molecule has 0 amide bonds. The van der Waals surface area contributed by atoms with Gasteiger partial charge in [0.1, 0.15) is 11.6 Å². The molecule has 0 bridgehead atoms. The maximum Gasteiger partial charge on any atom is 0.143 e. The molecule has 0 saturated carbocycles. The molecule has 2 aromatic rings. The van der Waals surface area contributed by atoms with Crippen LogP contribution in [0.3, 0.4) is 0 Å². The van der Waals surface area contributed by atoms with E-state index in [2.05, 4.69) is 5.32 Å². The summed E-state index contributed by atoms with van der Waals surface area (Å²) in [5, 5.41) is 3.13. The van der Waals surface area contributed by atoms with Gasteiger partial charge in [0.05, 0.1) is 23.5 Å². The van der Waals surface area contributed by atoms with E-state index in [4.69, 9.17) is 22.1 Å². The Bertz CT molecular complexity index is 604. The summed E-state index contributed by atoms with van der Waals surface area (Å²) in [7, 11) is 1.63. The van der Waals surface area contributed by atoms with E-state index >= 15 is 0 Å². The lowest BCUT2D eigenvalue weighted by molar-refractivity contribution is 0.414. The van der Waals surface area contributed by atoms with Crippen molar-refractivity contribution < 1.29 is 9.13 Å². The van der Waals surface area contributed by atoms with Gasteiger partial charge in [0.25, 0.3) is 0 Å². The van der Waals surface area contributed by atoms with Crippen LogP contribution in [0.15, 0.2) is 36.4 Å². The lowest BCUT2D eigenvalue weighted by Crippen LogP contribution is -2.07. The van der Waals surface area contributed by atoms with Crippen LogP contribution in [0.2, 0.25) is 5.02 Å². The Morgan fingerprint density at radius 1 is 1.30 bits per heavy atom. The molecule has 0 heterocycles. The van der Waals surface area contributed by atoms with Gasteiger partial charge in [0.15, 0.2) is 0 Å². The molecule has 106 valence electrons. The summed E-state index contributed by atoms with van der Waals surface area (Å²) in [6, 6.07) is 10.5. The number of anilines is 2. The van der Waals surface area contributed by atoms with Crippen molar-refractivity contribution in [3.63, 3.8) is 0 Å². The molecule has 0 aliphatic carbocycles. The molecule has 20 heavy (non-hydrogen) atoms. The normalized spacial score (nSPS) is 10.3. The number of hydrogen-bond acceptors (Lipinski definition) is 3. The third-order valence-electron chi connectivity index (χ3n) is 2.96. The topological polar surface area (TPSA) is 47.3 Å². The van der Waals surface area contributed by atoms with Crippen molar-refractivity contribution in [3.05, 3.63) is 52.8 Å². The van der Waals surface area contributed by atoms with Crippen molar-refractivity contribution in [3.8, 4) is 5.75 Å². The van der Waals surface area contributed by atoms with Crippen LogP contribution in [0.4, 0.5) is 15.8 Å². The summed E-state index contributed by atoms with van der Waals surface area (Å²) in [4.78, 5) is 0. The molecular formula is C15H16ClFN2O. The second-order valence-electron chi connectivity index (χ2n) is 4.38. The number of hydrogen-bond donors (Lipinski definition) is 2. The van der Waals surface area contributed by atoms with Crippen molar-refractivity contribution in [1.82, 2.24) is 0 Å². The van der Waals surface area contributed by atoms with E-state index in [0.29, 0.717) is 17.9 Å². The summed E-state index contributed by atoms with van der Waals surface area (Å²) in [5.74, 6) is 0.337. The molecule has 3 N–H and O–H groups in total. The van der Waals surface area contributed by atoms with Gasteiger partial charge < -0.3 is 15.8 Å². The highest BCUT2D eigenvalue weighted by Crippen LogP contribution is 2.26. The van der Waals surface area contributed by atoms with Gasteiger partial charge in [-0.15, -0.1) is 0 Å². The molecule has 0 saturated heterocycles. The quantitative estimate of drug-likeness (QED) is 0.826. The monoisotopic (exact) mass is 294 g/mol. The fraction of sp³-hybridized carbons (Fsp3) is 0.200. The second-order valence-corrected chi connectivity index (χ2v) is 4.79. The second kappa shape index (κ2) is 6.48. The minimum atomic E-state index is -0.482. The Kier molecular flexibility index (Phi) is 4.69. The number of ether oxygens (including phenoxy) is 1. The van der Waals surface area contributed by atoms with Gasteiger partial charge in [-0.3, -0.25) is 0 Å². The van der Waals surface area contributed by atoms with Crippen molar-refractivity contribution in [1.29, 1.82) is 0 Å². The number of nitrogen functional groups attached to an aromatic ring is 1. The fourth-order valence-corrected chi connectivity index (χ4v) is 2.06. The van der Waals surface area contributed by atoms with E-state index < -0.39 is 5.82 Å². The molecule has 3 nitrogen and oxygen atoms in total. The van der Waals surface area contributed by atoms with Gasteiger partial charge >= 0.3 is 0 Å². The Balaban J connectivity index is 1.97. The van der Waals surface area contributed by atoms with Gasteiger partial charge in [-0.2, -0.15) is 0 Å². The minimum Gasteiger partial charge on any atom is -0.497 e. The zero-order valence-electron chi connectivity index (χ0n) is 11.1. The molecule has 2 rings (SSSR count). The Hall–Kier alpha value is -1.94. The summed E-state index contributed by atoms with van der Waals surface area (Å²) in [6.07, 6.45) is 0.779. The lowest BCUT2D eigenvalue weighted by atomic mass is 10.1. The first-order valence-corrected chi connectivity index (χ1v) is 6.59. The van der Waals surface area contributed by atoms with Crippen LogP contribution in [0.25, 0.3) is 0 Å². The fourth-order valence-electron chi connectivity index (χ4n) is 1.88. The first-order chi connectivity index (χ1) is 9.60. The number of halogens is 2.